The number of nitrogens with one attached hydrogen (secondary N) is 1. The SMILES string of the molecule is CCS(=O)(=O)c1ccc(CCNC(=O)Cc2ccc(C)cc2)cc1. The number of carbonyl (C=O) groups is 1. The zero-order chi connectivity index (χ0) is 17.6. The van der Waals surface area contributed by atoms with E-state index in [0.29, 0.717) is 24.3 Å². The highest BCUT2D eigenvalue weighted by Gasteiger charge is 2.10. The molecule has 0 saturated heterocycles. The molecule has 0 fully saturated rings. The highest BCUT2D eigenvalue weighted by atomic mass is 32.2. The fourth-order valence-corrected chi connectivity index (χ4v) is 3.21. The van der Waals surface area contributed by atoms with Gasteiger partial charge in [0.15, 0.2) is 9.84 Å². The molecule has 24 heavy (non-hydrogen) atoms. The maximum Gasteiger partial charge on any atom is 0.224 e. The fourth-order valence-electron chi connectivity index (χ4n) is 2.33. The Morgan fingerprint density at radius 1 is 0.958 bits per heavy atom. The molecule has 2 rings (SSSR count). The molecule has 0 aliphatic rings. The third-order valence-corrected chi connectivity index (χ3v) is 5.63. The molecule has 2 aromatic rings. The summed E-state index contributed by atoms with van der Waals surface area (Å²) in [6, 6.07) is 14.8. The molecule has 0 radical (unpaired) electrons. The Labute approximate surface area is 143 Å². The first-order chi connectivity index (χ1) is 11.4. The van der Waals surface area contributed by atoms with Crippen LogP contribution in [0, 0.1) is 6.92 Å². The number of hydrogen-bond acceptors (Lipinski definition) is 3. The molecule has 0 aromatic heterocycles. The van der Waals surface area contributed by atoms with Crippen molar-refractivity contribution in [3.8, 4) is 0 Å². The second-order valence-electron chi connectivity index (χ2n) is 5.81. The molecule has 5 heteroatoms. The Hall–Kier alpha value is -2.14. The Balaban J connectivity index is 1.81. The summed E-state index contributed by atoms with van der Waals surface area (Å²) in [5.41, 5.74) is 3.17. The predicted molar refractivity (Wildman–Crippen MR) is 95.8 cm³/mol. The minimum absolute atomic E-state index is 0.0102. The van der Waals surface area contributed by atoms with E-state index >= 15 is 0 Å². The standard InChI is InChI=1S/C19H23NO3S/c1-3-24(22,23)18-10-8-16(9-11-18)12-13-20-19(21)14-17-6-4-15(2)5-7-17/h4-11H,3,12-14H2,1-2H3,(H,20,21). The van der Waals surface area contributed by atoms with E-state index in [2.05, 4.69) is 5.32 Å². The van der Waals surface area contributed by atoms with Crippen molar-refractivity contribution >= 4 is 15.7 Å². The average molecular weight is 345 g/mol. The Morgan fingerprint density at radius 3 is 2.12 bits per heavy atom. The largest absolute Gasteiger partial charge is 0.355 e. The number of rotatable bonds is 7. The first-order valence-electron chi connectivity index (χ1n) is 8.04. The van der Waals surface area contributed by atoms with E-state index < -0.39 is 9.84 Å². The number of hydrogen-bond donors (Lipinski definition) is 1. The number of amides is 1. The van der Waals surface area contributed by atoms with Crippen molar-refractivity contribution in [1.29, 1.82) is 0 Å². The van der Waals surface area contributed by atoms with Crippen LogP contribution in [0.3, 0.4) is 0 Å². The second kappa shape index (κ2) is 8.11. The van der Waals surface area contributed by atoms with E-state index in [4.69, 9.17) is 0 Å². The van der Waals surface area contributed by atoms with Gasteiger partial charge in [0, 0.05) is 6.54 Å². The molecule has 0 atom stereocenters. The lowest BCUT2D eigenvalue weighted by Gasteiger charge is -2.07. The molecular weight excluding hydrogens is 322 g/mol. The minimum Gasteiger partial charge on any atom is -0.355 e. The summed E-state index contributed by atoms with van der Waals surface area (Å²) in [4.78, 5) is 12.3. The van der Waals surface area contributed by atoms with E-state index in [-0.39, 0.29) is 11.7 Å². The van der Waals surface area contributed by atoms with Crippen LogP contribution >= 0.6 is 0 Å². The van der Waals surface area contributed by atoms with Crippen LogP contribution in [0.1, 0.15) is 23.6 Å². The van der Waals surface area contributed by atoms with Crippen molar-refractivity contribution in [3.05, 3.63) is 65.2 Å². The molecular formula is C19H23NO3S. The van der Waals surface area contributed by atoms with Crippen molar-refractivity contribution in [2.75, 3.05) is 12.3 Å². The Morgan fingerprint density at radius 2 is 1.54 bits per heavy atom. The van der Waals surface area contributed by atoms with Crippen LogP contribution in [0.25, 0.3) is 0 Å². The summed E-state index contributed by atoms with van der Waals surface area (Å²) in [6.45, 7) is 4.18. The summed E-state index contributed by atoms with van der Waals surface area (Å²) in [6.07, 6.45) is 1.04. The van der Waals surface area contributed by atoms with Crippen LogP contribution < -0.4 is 5.32 Å². The lowest BCUT2D eigenvalue weighted by molar-refractivity contribution is -0.120. The van der Waals surface area contributed by atoms with Crippen LogP contribution in [0.15, 0.2) is 53.4 Å². The summed E-state index contributed by atoms with van der Waals surface area (Å²) in [5, 5.41) is 2.89. The molecule has 0 aliphatic carbocycles. The molecule has 0 heterocycles. The molecule has 0 bridgehead atoms. The monoisotopic (exact) mass is 345 g/mol. The number of aryl methyl sites for hydroxylation is 1. The van der Waals surface area contributed by atoms with E-state index in [1.54, 1.807) is 31.2 Å². The van der Waals surface area contributed by atoms with Crippen molar-refractivity contribution in [2.24, 2.45) is 0 Å². The summed E-state index contributed by atoms with van der Waals surface area (Å²) < 4.78 is 23.5. The topological polar surface area (TPSA) is 63.2 Å². The van der Waals surface area contributed by atoms with Crippen LogP contribution in [-0.2, 0) is 27.5 Å². The van der Waals surface area contributed by atoms with E-state index in [0.717, 1.165) is 11.1 Å². The summed E-state index contributed by atoms with van der Waals surface area (Å²) >= 11 is 0. The first kappa shape index (κ1) is 18.2. The van der Waals surface area contributed by atoms with Gasteiger partial charge in [-0.3, -0.25) is 4.79 Å². The second-order valence-corrected chi connectivity index (χ2v) is 8.09. The van der Waals surface area contributed by atoms with Crippen LogP contribution in [-0.4, -0.2) is 26.6 Å². The quantitative estimate of drug-likeness (QED) is 0.839. The van der Waals surface area contributed by atoms with Gasteiger partial charge in [-0.1, -0.05) is 48.9 Å². The molecule has 0 aliphatic heterocycles. The van der Waals surface area contributed by atoms with Gasteiger partial charge in [0.2, 0.25) is 5.91 Å². The Kier molecular flexibility index (Phi) is 6.15. The smallest absolute Gasteiger partial charge is 0.224 e. The van der Waals surface area contributed by atoms with E-state index in [1.165, 1.54) is 5.56 Å². The van der Waals surface area contributed by atoms with Crippen LogP contribution in [0.5, 0.6) is 0 Å². The molecule has 0 unspecified atom stereocenters. The van der Waals surface area contributed by atoms with E-state index in [9.17, 15) is 13.2 Å². The van der Waals surface area contributed by atoms with Crippen molar-refractivity contribution in [1.82, 2.24) is 5.32 Å². The van der Waals surface area contributed by atoms with Gasteiger partial charge in [0.25, 0.3) is 0 Å². The average Bonchev–Trinajstić information content (AvgIpc) is 2.57. The first-order valence-corrected chi connectivity index (χ1v) is 9.70. The molecule has 4 nitrogen and oxygen atoms in total. The summed E-state index contributed by atoms with van der Waals surface area (Å²) in [7, 11) is -3.16. The maximum atomic E-state index is 11.9. The van der Waals surface area contributed by atoms with Gasteiger partial charge in [-0.05, 0) is 36.6 Å². The molecule has 128 valence electrons. The van der Waals surface area contributed by atoms with Crippen LogP contribution in [0.4, 0.5) is 0 Å². The highest BCUT2D eigenvalue weighted by molar-refractivity contribution is 7.91. The molecule has 1 N–H and O–H groups in total. The zero-order valence-corrected chi connectivity index (χ0v) is 14.9. The maximum absolute atomic E-state index is 11.9. The normalized spacial score (nSPS) is 11.2. The third-order valence-electron chi connectivity index (χ3n) is 3.88. The molecule has 0 saturated carbocycles. The van der Waals surface area contributed by atoms with Gasteiger partial charge >= 0.3 is 0 Å². The van der Waals surface area contributed by atoms with Gasteiger partial charge in [0.1, 0.15) is 0 Å². The lowest BCUT2D eigenvalue weighted by Crippen LogP contribution is -2.27. The summed E-state index contributed by atoms with van der Waals surface area (Å²) in [5.74, 6) is 0.0885. The van der Waals surface area contributed by atoms with Crippen LogP contribution in [0.2, 0.25) is 0 Å². The zero-order valence-electron chi connectivity index (χ0n) is 14.1. The van der Waals surface area contributed by atoms with Crippen molar-refractivity contribution < 1.29 is 13.2 Å². The number of carbonyl (C=O) groups excluding carboxylic acids is 1. The highest BCUT2D eigenvalue weighted by Crippen LogP contribution is 2.12. The van der Waals surface area contributed by atoms with Crippen molar-refractivity contribution in [2.45, 2.75) is 31.6 Å². The van der Waals surface area contributed by atoms with Gasteiger partial charge in [0.05, 0.1) is 17.1 Å². The van der Waals surface area contributed by atoms with E-state index in [1.807, 2.05) is 31.2 Å². The predicted octanol–water partition coefficient (Wildman–Crippen LogP) is 2.69. The minimum atomic E-state index is -3.16. The lowest BCUT2D eigenvalue weighted by atomic mass is 10.1. The number of benzene rings is 2. The Bertz CT molecular complexity index is 778. The molecule has 2 aromatic carbocycles. The molecule has 0 spiro atoms. The third kappa shape index (κ3) is 5.20. The van der Waals surface area contributed by atoms with Gasteiger partial charge in [-0.25, -0.2) is 8.42 Å². The van der Waals surface area contributed by atoms with Gasteiger partial charge < -0.3 is 5.32 Å². The number of sulfone groups is 1. The van der Waals surface area contributed by atoms with Crippen molar-refractivity contribution in [3.63, 3.8) is 0 Å². The molecule has 1 amide bonds. The van der Waals surface area contributed by atoms with Gasteiger partial charge in [-0.15, -0.1) is 0 Å². The van der Waals surface area contributed by atoms with Gasteiger partial charge in [-0.2, -0.15) is 0 Å². The fraction of sp³-hybridized carbons (Fsp3) is 0.316.